The number of aliphatic imine (C=N–C) groups is 1. The number of nitriles is 1. The zero-order chi connectivity index (χ0) is 20.9. The maximum absolute atomic E-state index is 8.55. The van der Waals surface area contributed by atoms with Crippen molar-refractivity contribution in [2.45, 2.75) is 31.6 Å². The molecule has 0 amide bonds. The van der Waals surface area contributed by atoms with Gasteiger partial charge in [-0.15, -0.1) is 0 Å². The summed E-state index contributed by atoms with van der Waals surface area (Å²) in [4.78, 5) is 19.1. The molecule has 0 aromatic carbocycles. The number of nitrogens with two attached hydrogens (primary N) is 1. The van der Waals surface area contributed by atoms with Gasteiger partial charge in [0.1, 0.15) is 12.6 Å². The van der Waals surface area contributed by atoms with Crippen LogP contribution in [0.3, 0.4) is 0 Å². The first-order chi connectivity index (χ1) is 13.9. The Morgan fingerprint density at radius 1 is 1.45 bits per heavy atom. The summed E-state index contributed by atoms with van der Waals surface area (Å²) in [7, 11) is 3.76. The van der Waals surface area contributed by atoms with Gasteiger partial charge in [0.2, 0.25) is 0 Å². The average molecular weight is 438 g/mol. The third-order valence-electron chi connectivity index (χ3n) is 4.07. The van der Waals surface area contributed by atoms with E-state index in [0.29, 0.717) is 17.0 Å². The van der Waals surface area contributed by atoms with Crippen LogP contribution < -0.4 is 5.50 Å². The fourth-order valence-corrected chi connectivity index (χ4v) is 3.97. The molecule has 3 heterocycles. The Kier molecular flexibility index (Phi) is 7.23. The minimum atomic E-state index is -2.87. The number of hydrogen-bond donors (Lipinski definition) is 1. The van der Waals surface area contributed by atoms with Gasteiger partial charge < -0.3 is 18.7 Å². The van der Waals surface area contributed by atoms with Crippen LogP contribution in [0.2, 0.25) is 0 Å². The van der Waals surface area contributed by atoms with E-state index in [4.69, 9.17) is 36.4 Å². The highest BCUT2D eigenvalue weighted by atomic mass is 32.5. The summed E-state index contributed by atoms with van der Waals surface area (Å²) >= 11 is 5.15. The first kappa shape index (κ1) is 21.7. The molecular formula is C16H23N8O3PS. The molecule has 2 aromatic heterocycles. The van der Waals surface area contributed by atoms with Crippen LogP contribution in [0.4, 0.5) is 5.82 Å². The molecule has 0 saturated carbocycles. The van der Waals surface area contributed by atoms with E-state index in [1.54, 1.807) is 12.7 Å². The molecule has 1 aliphatic rings. The highest BCUT2D eigenvalue weighted by Gasteiger charge is 2.30. The first-order valence-corrected chi connectivity index (χ1v) is 11.7. The molecule has 11 nitrogen and oxygen atoms in total. The molecule has 3 rings (SSSR count). The molecule has 29 heavy (non-hydrogen) atoms. The van der Waals surface area contributed by atoms with Gasteiger partial charge in [0.15, 0.2) is 17.0 Å². The second kappa shape index (κ2) is 9.67. The summed E-state index contributed by atoms with van der Waals surface area (Å²) in [5.41, 5.74) is 7.14. The molecule has 0 radical (unpaired) electrons. The van der Waals surface area contributed by atoms with Gasteiger partial charge in [-0.3, -0.25) is 10.1 Å². The molecule has 13 heteroatoms. The maximum atomic E-state index is 8.55. The molecule has 156 valence electrons. The van der Waals surface area contributed by atoms with Crippen LogP contribution in [-0.2, 0) is 25.6 Å². The predicted octanol–water partition coefficient (Wildman–Crippen LogP) is 1.86. The van der Waals surface area contributed by atoms with Crippen LogP contribution in [0.15, 0.2) is 17.6 Å². The molecule has 1 saturated heterocycles. The van der Waals surface area contributed by atoms with Crippen molar-refractivity contribution in [3.8, 4) is 6.07 Å². The van der Waals surface area contributed by atoms with Crippen LogP contribution in [0.25, 0.3) is 11.2 Å². The van der Waals surface area contributed by atoms with Crippen molar-refractivity contribution in [2.24, 2.45) is 10.5 Å². The number of aromatic nitrogens is 4. The second-order valence-electron chi connectivity index (χ2n) is 6.60. The van der Waals surface area contributed by atoms with Crippen molar-refractivity contribution in [2.75, 3.05) is 27.3 Å². The van der Waals surface area contributed by atoms with Gasteiger partial charge in [-0.25, -0.2) is 19.9 Å². The number of rotatable bonds is 9. The van der Waals surface area contributed by atoms with Gasteiger partial charge in [-0.05, 0) is 24.6 Å². The fraction of sp³-hybridized carbons (Fsp3) is 0.562. The van der Waals surface area contributed by atoms with E-state index in [9.17, 15) is 0 Å². The smallest absolute Gasteiger partial charge is 0.258 e. The van der Waals surface area contributed by atoms with E-state index >= 15 is 0 Å². The SMILES string of the molecule is CN(C)C=Nc1ncnc2c1ncn2C1CCC(COP(N)(=S)OCCC#N)O1. The van der Waals surface area contributed by atoms with Crippen molar-refractivity contribution in [3.05, 3.63) is 12.7 Å². The lowest BCUT2D eigenvalue weighted by Crippen LogP contribution is -2.18. The van der Waals surface area contributed by atoms with E-state index in [0.717, 1.165) is 12.8 Å². The minimum Gasteiger partial charge on any atom is -0.369 e. The molecule has 3 unspecified atom stereocenters. The topological polar surface area (TPSA) is 137 Å². The van der Waals surface area contributed by atoms with Gasteiger partial charge in [-0.2, -0.15) is 5.26 Å². The molecule has 1 aliphatic heterocycles. The van der Waals surface area contributed by atoms with Crippen LogP contribution in [-0.4, -0.2) is 64.2 Å². The Labute approximate surface area is 173 Å². The first-order valence-electron chi connectivity index (χ1n) is 8.98. The zero-order valence-electron chi connectivity index (χ0n) is 16.2. The molecule has 2 aromatic rings. The maximum Gasteiger partial charge on any atom is 0.258 e. The van der Waals surface area contributed by atoms with Crippen molar-refractivity contribution in [3.63, 3.8) is 0 Å². The van der Waals surface area contributed by atoms with E-state index in [2.05, 4.69) is 19.9 Å². The van der Waals surface area contributed by atoms with Crippen molar-refractivity contribution in [1.82, 2.24) is 24.4 Å². The van der Waals surface area contributed by atoms with E-state index in [1.807, 2.05) is 29.6 Å². The Morgan fingerprint density at radius 2 is 2.28 bits per heavy atom. The Balaban J connectivity index is 1.63. The molecule has 0 spiro atoms. The lowest BCUT2D eigenvalue weighted by molar-refractivity contribution is -0.0165. The third kappa shape index (κ3) is 5.76. The van der Waals surface area contributed by atoms with Gasteiger partial charge >= 0.3 is 0 Å². The number of hydrogen-bond acceptors (Lipinski definition) is 9. The van der Waals surface area contributed by atoms with Crippen molar-refractivity contribution in [1.29, 1.82) is 5.26 Å². The summed E-state index contributed by atoms with van der Waals surface area (Å²) in [5, 5.41) is 8.55. The standard InChI is InChI=1S/C16H23N8O3PS/c1-23(2)10-22-15-14-16(20-9-19-15)24(11-21-14)13-5-4-12(27-13)8-26-28(18,29)25-7-3-6-17/h9-13H,3-5,7-8H2,1-2H3,(H2,18,29). The average Bonchev–Trinajstić information content (AvgIpc) is 3.31. The van der Waals surface area contributed by atoms with Crippen LogP contribution in [0.1, 0.15) is 25.5 Å². The number of ether oxygens (including phenoxy) is 1. The normalized spacial score (nSPS) is 21.4. The van der Waals surface area contributed by atoms with Crippen molar-refractivity contribution >= 4 is 41.8 Å². The van der Waals surface area contributed by atoms with Crippen LogP contribution in [0, 0.1) is 11.3 Å². The monoisotopic (exact) mass is 438 g/mol. The lowest BCUT2D eigenvalue weighted by Gasteiger charge is -2.20. The summed E-state index contributed by atoms with van der Waals surface area (Å²) in [6.45, 7) is -2.48. The highest BCUT2D eigenvalue weighted by molar-refractivity contribution is 8.08. The molecule has 0 aliphatic carbocycles. The van der Waals surface area contributed by atoms with Gasteiger partial charge in [0, 0.05) is 14.1 Å². The Morgan fingerprint density at radius 3 is 3.03 bits per heavy atom. The number of nitrogens with zero attached hydrogens (tertiary/aromatic N) is 7. The number of imidazole rings is 1. The largest absolute Gasteiger partial charge is 0.369 e. The van der Waals surface area contributed by atoms with Gasteiger partial charge in [0.05, 0.1) is 44.5 Å². The quantitative estimate of drug-likeness (QED) is 0.267. The molecular weight excluding hydrogens is 415 g/mol. The summed E-state index contributed by atoms with van der Waals surface area (Å²) in [6, 6.07) is 1.97. The van der Waals surface area contributed by atoms with Crippen molar-refractivity contribution < 1.29 is 13.8 Å². The van der Waals surface area contributed by atoms with E-state index in [1.165, 1.54) is 6.33 Å². The molecule has 1 fully saturated rings. The Hall–Kier alpha value is -2.00. The van der Waals surface area contributed by atoms with E-state index < -0.39 is 6.64 Å². The highest BCUT2D eigenvalue weighted by Crippen LogP contribution is 2.41. The number of fused-ring (bicyclic) bond motifs is 1. The Bertz CT molecular complexity index is 959. The fourth-order valence-electron chi connectivity index (χ4n) is 2.77. The second-order valence-corrected chi connectivity index (χ2v) is 9.72. The summed E-state index contributed by atoms with van der Waals surface area (Å²) in [5.74, 6) is 0.499. The molecule has 2 N–H and O–H groups in total. The third-order valence-corrected chi connectivity index (χ3v) is 5.76. The van der Waals surface area contributed by atoms with Crippen LogP contribution >= 0.6 is 6.64 Å². The van der Waals surface area contributed by atoms with Gasteiger partial charge in [-0.1, -0.05) is 0 Å². The van der Waals surface area contributed by atoms with Gasteiger partial charge in [0.25, 0.3) is 6.64 Å². The van der Waals surface area contributed by atoms with E-state index in [-0.39, 0.29) is 32.0 Å². The van der Waals surface area contributed by atoms with Crippen LogP contribution in [0.5, 0.6) is 0 Å². The predicted molar refractivity (Wildman–Crippen MR) is 111 cm³/mol. The lowest BCUT2D eigenvalue weighted by atomic mass is 10.2. The zero-order valence-corrected chi connectivity index (χ0v) is 17.9. The minimum absolute atomic E-state index is 0.164. The molecule has 0 bridgehead atoms. The molecule has 3 atom stereocenters. The summed E-state index contributed by atoms with van der Waals surface area (Å²) in [6.07, 6.45) is 6.16. The summed E-state index contributed by atoms with van der Waals surface area (Å²) < 4.78 is 18.8.